The van der Waals surface area contributed by atoms with Gasteiger partial charge in [-0.1, -0.05) is 6.07 Å². The Kier molecular flexibility index (Phi) is 4.89. The fourth-order valence-electron chi connectivity index (χ4n) is 1.46. The zero-order valence-electron chi connectivity index (χ0n) is 12.1. The van der Waals surface area contributed by atoms with E-state index < -0.39 is 11.7 Å². The Hall–Kier alpha value is -1.62. The lowest BCUT2D eigenvalue weighted by molar-refractivity contribution is 0.0197. The molecule has 4 nitrogen and oxygen atoms in total. The van der Waals surface area contributed by atoms with E-state index in [0.717, 1.165) is 11.1 Å². The zero-order chi connectivity index (χ0) is 14.6. The number of nitrogens with one attached hydrogen (secondary N) is 1. The van der Waals surface area contributed by atoms with Gasteiger partial charge in [0, 0.05) is 13.6 Å². The molecule has 0 aliphatic heterocycles. The van der Waals surface area contributed by atoms with Crippen LogP contribution in [0.1, 0.15) is 31.9 Å². The molecule has 1 aromatic rings. The molecule has 0 atom stereocenters. The first kappa shape index (κ1) is 15.4. The molecule has 1 N–H and O–H groups in total. The predicted octanol–water partition coefficient (Wildman–Crippen LogP) is 3.01. The van der Waals surface area contributed by atoms with Crippen LogP contribution in [0.4, 0.5) is 9.18 Å². The van der Waals surface area contributed by atoms with Crippen molar-refractivity contribution in [3.8, 4) is 0 Å². The molecule has 0 saturated carbocycles. The van der Waals surface area contributed by atoms with Crippen molar-refractivity contribution in [1.82, 2.24) is 10.4 Å². The fourth-order valence-corrected chi connectivity index (χ4v) is 1.46. The highest BCUT2D eigenvalue weighted by Crippen LogP contribution is 2.11. The third-order valence-electron chi connectivity index (χ3n) is 2.48. The SMILES string of the molecule is Cc1cc(F)ccc1CNN(C)C(=O)OC(C)(C)C. The minimum Gasteiger partial charge on any atom is -0.443 e. The van der Waals surface area contributed by atoms with Gasteiger partial charge < -0.3 is 4.74 Å². The molecule has 1 amide bonds. The average Bonchev–Trinajstić information content (AvgIpc) is 2.25. The summed E-state index contributed by atoms with van der Waals surface area (Å²) in [5.41, 5.74) is 4.15. The van der Waals surface area contributed by atoms with Crippen molar-refractivity contribution in [3.63, 3.8) is 0 Å². The molecule has 0 radical (unpaired) electrons. The second-order valence-corrected chi connectivity index (χ2v) is 5.45. The summed E-state index contributed by atoms with van der Waals surface area (Å²) >= 11 is 0. The van der Waals surface area contributed by atoms with Crippen LogP contribution in [0.25, 0.3) is 0 Å². The smallest absolute Gasteiger partial charge is 0.424 e. The summed E-state index contributed by atoms with van der Waals surface area (Å²) in [6.45, 7) is 7.68. The lowest BCUT2D eigenvalue weighted by Gasteiger charge is -2.25. The van der Waals surface area contributed by atoms with Gasteiger partial charge >= 0.3 is 6.09 Å². The number of ether oxygens (including phenoxy) is 1. The first-order valence-corrected chi connectivity index (χ1v) is 6.14. The normalized spacial score (nSPS) is 11.3. The molecule has 0 unspecified atom stereocenters. The van der Waals surface area contributed by atoms with Gasteiger partial charge in [-0.25, -0.2) is 19.6 Å². The summed E-state index contributed by atoms with van der Waals surface area (Å²) in [7, 11) is 1.59. The van der Waals surface area contributed by atoms with Crippen molar-refractivity contribution in [2.75, 3.05) is 7.05 Å². The van der Waals surface area contributed by atoms with E-state index in [0.29, 0.717) is 6.54 Å². The van der Waals surface area contributed by atoms with E-state index in [1.807, 2.05) is 27.7 Å². The van der Waals surface area contributed by atoms with Crippen LogP contribution < -0.4 is 5.43 Å². The highest BCUT2D eigenvalue weighted by atomic mass is 19.1. The third-order valence-corrected chi connectivity index (χ3v) is 2.48. The van der Waals surface area contributed by atoms with Crippen LogP contribution in [0.3, 0.4) is 0 Å². The van der Waals surface area contributed by atoms with Gasteiger partial charge in [0.25, 0.3) is 0 Å². The molecule has 1 aromatic carbocycles. The molecule has 19 heavy (non-hydrogen) atoms. The molecule has 0 saturated heterocycles. The molecule has 0 bridgehead atoms. The van der Waals surface area contributed by atoms with Crippen LogP contribution >= 0.6 is 0 Å². The molecule has 0 heterocycles. The molecule has 0 spiro atoms. The van der Waals surface area contributed by atoms with Gasteiger partial charge in [-0.2, -0.15) is 0 Å². The number of carbonyl (C=O) groups is 1. The molecule has 0 aliphatic carbocycles. The summed E-state index contributed by atoms with van der Waals surface area (Å²) < 4.78 is 18.2. The van der Waals surface area contributed by atoms with Crippen molar-refractivity contribution in [2.24, 2.45) is 0 Å². The van der Waals surface area contributed by atoms with Crippen LogP contribution in [0.5, 0.6) is 0 Å². The summed E-state index contributed by atoms with van der Waals surface area (Å²) in [5, 5.41) is 1.29. The minimum atomic E-state index is -0.529. The number of halogens is 1. The van der Waals surface area contributed by atoms with Gasteiger partial charge in [0.1, 0.15) is 11.4 Å². The maximum atomic E-state index is 13.0. The topological polar surface area (TPSA) is 41.6 Å². The number of hydrogen-bond acceptors (Lipinski definition) is 3. The maximum Gasteiger partial charge on any atom is 0.424 e. The van der Waals surface area contributed by atoms with Crippen molar-refractivity contribution >= 4 is 6.09 Å². The van der Waals surface area contributed by atoms with E-state index in [2.05, 4.69) is 5.43 Å². The molecule has 1 rings (SSSR count). The lowest BCUT2D eigenvalue weighted by atomic mass is 10.1. The van der Waals surface area contributed by atoms with E-state index >= 15 is 0 Å². The van der Waals surface area contributed by atoms with Gasteiger partial charge in [-0.15, -0.1) is 0 Å². The second kappa shape index (κ2) is 6.02. The number of nitrogens with zero attached hydrogens (tertiary/aromatic N) is 1. The highest BCUT2D eigenvalue weighted by Gasteiger charge is 2.19. The van der Waals surface area contributed by atoms with Gasteiger partial charge in [-0.05, 0) is 51.0 Å². The van der Waals surface area contributed by atoms with Crippen molar-refractivity contribution in [1.29, 1.82) is 0 Å². The quantitative estimate of drug-likeness (QED) is 0.857. The van der Waals surface area contributed by atoms with E-state index in [-0.39, 0.29) is 5.82 Å². The van der Waals surface area contributed by atoms with Gasteiger partial charge in [0.05, 0.1) is 0 Å². The number of carbonyl (C=O) groups excluding carboxylic acids is 1. The minimum absolute atomic E-state index is 0.262. The third kappa shape index (κ3) is 5.26. The monoisotopic (exact) mass is 268 g/mol. The summed E-state index contributed by atoms with van der Waals surface area (Å²) in [4.78, 5) is 11.7. The molecule has 0 aromatic heterocycles. The molecule has 5 heteroatoms. The van der Waals surface area contributed by atoms with Crippen LogP contribution in [0.2, 0.25) is 0 Å². The first-order valence-electron chi connectivity index (χ1n) is 6.14. The molecule has 0 aliphatic rings. The summed E-state index contributed by atoms with van der Waals surface area (Å²) in [6, 6.07) is 4.56. The van der Waals surface area contributed by atoms with Gasteiger partial charge in [0.2, 0.25) is 0 Å². The van der Waals surface area contributed by atoms with E-state index in [1.54, 1.807) is 13.1 Å². The standard InChI is InChI=1S/C14H21FN2O2/c1-10-8-12(15)7-6-11(10)9-16-17(5)13(18)19-14(2,3)4/h6-8,16H,9H2,1-5H3. The lowest BCUT2D eigenvalue weighted by Crippen LogP contribution is -2.42. The Labute approximate surface area is 113 Å². The number of aryl methyl sites for hydroxylation is 1. The van der Waals surface area contributed by atoms with Crippen LogP contribution in [-0.2, 0) is 11.3 Å². The van der Waals surface area contributed by atoms with Gasteiger partial charge in [0.15, 0.2) is 0 Å². The number of hydrazine groups is 1. The molecule has 0 fully saturated rings. The molecular formula is C14H21FN2O2. The van der Waals surface area contributed by atoms with Crippen LogP contribution in [0.15, 0.2) is 18.2 Å². The Morgan fingerprint density at radius 3 is 2.58 bits per heavy atom. The number of amides is 1. The van der Waals surface area contributed by atoms with Crippen molar-refractivity contribution in [2.45, 2.75) is 39.8 Å². The Bertz CT molecular complexity index is 455. The highest BCUT2D eigenvalue weighted by molar-refractivity contribution is 5.67. The number of hydrogen-bond donors (Lipinski definition) is 1. The Balaban J connectivity index is 2.54. The van der Waals surface area contributed by atoms with E-state index in [4.69, 9.17) is 4.74 Å². The van der Waals surface area contributed by atoms with Gasteiger partial charge in [-0.3, -0.25) is 0 Å². The zero-order valence-corrected chi connectivity index (χ0v) is 12.1. The van der Waals surface area contributed by atoms with E-state index in [1.165, 1.54) is 17.1 Å². The van der Waals surface area contributed by atoms with Crippen molar-refractivity contribution in [3.05, 3.63) is 35.1 Å². The molecule has 106 valence electrons. The Morgan fingerprint density at radius 2 is 2.05 bits per heavy atom. The largest absolute Gasteiger partial charge is 0.443 e. The number of benzene rings is 1. The predicted molar refractivity (Wildman–Crippen MR) is 72.0 cm³/mol. The number of rotatable bonds is 3. The van der Waals surface area contributed by atoms with Crippen molar-refractivity contribution < 1.29 is 13.9 Å². The maximum absolute atomic E-state index is 13.0. The summed E-state index contributed by atoms with van der Waals surface area (Å²) in [5.74, 6) is -0.262. The fraction of sp³-hybridized carbons (Fsp3) is 0.500. The van der Waals surface area contributed by atoms with E-state index in [9.17, 15) is 9.18 Å². The van der Waals surface area contributed by atoms with Crippen LogP contribution in [0, 0.1) is 12.7 Å². The Morgan fingerprint density at radius 1 is 1.42 bits per heavy atom. The first-order chi connectivity index (χ1) is 8.69. The second-order valence-electron chi connectivity index (χ2n) is 5.45. The van der Waals surface area contributed by atoms with Crippen LogP contribution in [-0.4, -0.2) is 23.8 Å². The average molecular weight is 268 g/mol. The summed E-state index contributed by atoms with van der Waals surface area (Å²) in [6.07, 6.45) is -0.452. The molecular weight excluding hydrogens is 247 g/mol.